The van der Waals surface area contributed by atoms with Crippen LogP contribution in [0.2, 0.25) is 5.02 Å². The number of hydrazone groups is 1. The van der Waals surface area contributed by atoms with Crippen LogP contribution in [0.3, 0.4) is 0 Å². The van der Waals surface area contributed by atoms with Crippen molar-refractivity contribution in [2.45, 2.75) is 25.7 Å². The van der Waals surface area contributed by atoms with Gasteiger partial charge in [0.2, 0.25) is 0 Å². The fourth-order valence-electron chi connectivity index (χ4n) is 4.16. The van der Waals surface area contributed by atoms with Crippen molar-refractivity contribution in [3.63, 3.8) is 0 Å². The van der Waals surface area contributed by atoms with Gasteiger partial charge in [-0.25, -0.2) is 13.8 Å². The third kappa shape index (κ3) is 6.01. The Hall–Kier alpha value is -3.40. The number of halogens is 2. The minimum absolute atomic E-state index is 0.0750. The number of hydrogen-bond acceptors (Lipinski definition) is 4. The van der Waals surface area contributed by atoms with Gasteiger partial charge >= 0.3 is 0 Å². The van der Waals surface area contributed by atoms with Gasteiger partial charge < -0.3 is 4.57 Å². The maximum absolute atomic E-state index is 13.5. The molecule has 1 heterocycles. The molecule has 0 saturated heterocycles. The third-order valence-electron chi connectivity index (χ3n) is 5.99. The molecule has 196 valence electrons. The number of carbonyl (C=O) groups excluding carboxylic acids is 1. The van der Waals surface area contributed by atoms with Gasteiger partial charge in [-0.05, 0) is 87.0 Å². The molecule has 38 heavy (non-hydrogen) atoms. The third-order valence-corrected chi connectivity index (χ3v) is 8.53. The largest absolute Gasteiger partial charge is 0.318 e. The minimum Gasteiger partial charge on any atom is -0.318 e. The topological polar surface area (TPSA) is 83.8 Å². The Kier molecular flexibility index (Phi) is 8.40. The highest BCUT2D eigenvalue weighted by Gasteiger charge is 2.28. The van der Waals surface area contributed by atoms with Gasteiger partial charge in [0.1, 0.15) is 6.54 Å². The molecule has 0 radical (unpaired) electrons. The van der Waals surface area contributed by atoms with Gasteiger partial charge in [0.15, 0.2) is 0 Å². The van der Waals surface area contributed by atoms with Crippen molar-refractivity contribution in [2.24, 2.45) is 5.10 Å². The van der Waals surface area contributed by atoms with Crippen LogP contribution in [-0.4, -0.2) is 31.7 Å². The molecule has 0 aliphatic rings. The number of benzene rings is 3. The smallest absolute Gasteiger partial charge is 0.264 e. The molecule has 0 unspecified atom stereocenters. The van der Waals surface area contributed by atoms with Gasteiger partial charge in [-0.2, -0.15) is 5.10 Å². The summed E-state index contributed by atoms with van der Waals surface area (Å²) in [5.41, 5.74) is 7.24. The van der Waals surface area contributed by atoms with Crippen LogP contribution in [-0.2, 0) is 14.8 Å². The molecular formula is C28H26BrClN4O3S. The van der Waals surface area contributed by atoms with Gasteiger partial charge in [-0.3, -0.25) is 9.10 Å². The predicted octanol–water partition coefficient (Wildman–Crippen LogP) is 6.16. The average molecular weight is 614 g/mol. The lowest BCUT2D eigenvalue weighted by atomic mass is 10.2. The molecule has 0 aliphatic carbocycles. The van der Waals surface area contributed by atoms with Crippen molar-refractivity contribution >= 4 is 55.4 Å². The summed E-state index contributed by atoms with van der Waals surface area (Å²) < 4.78 is 31.2. The second kappa shape index (κ2) is 11.6. The normalized spacial score (nSPS) is 11.6. The van der Waals surface area contributed by atoms with Crippen LogP contribution >= 0.6 is 27.5 Å². The Morgan fingerprint density at radius 3 is 2.37 bits per heavy atom. The fourth-order valence-corrected chi connectivity index (χ4v) is 6.16. The lowest BCUT2D eigenvalue weighted by Crippen LogP contribution is -2.40. The number of aryl methyl sites for hydroxylation is 2. The summed E-state index contributed by atoms with van der Waals surface area (Å²) in [7, 11) is -4.03. The van der Waals surface area contributed by atoms with Crippen LogP contribution in [0.1, 0.15) is 22.5 Å². The van der Waals surface area contributed by atoms with Crippen molar-refractivity contribution in [1.82, 2.24) is 9.99 Å². The molecule has 3 aromatic carbocycles. The van der Waals surface area contributed by atoms with Gasteiger partial charge in [-0.1, -0.05) is 45.7 Å². The maximum Gasteiger partial charge on any atom is 0.264 e. The van der Waals surface area contributed by atoms with E-state index in [-0.39, 0.29) is 4.90 Å². The van der Waals surface area contributed by atoms with Crippen LogP contribution < -0.4 is 9.73 Å². The zero-order chi connectivity index (χ0) is 27.4. The molecule has 7 nitrogen and oxygen atoms in total. The molecule has 1 N–H and O–H groups in total. The lowest BCUT2D eigenvalue weighted by Gasteiger charge is -2.25. The van der Waals surface area contributed by atoms with Crippen molar-refractivity contribution in [2.75, 3.05) is 10.8 Å². The molecule has 0 bridgehead atoms. The molecule has 4 aromatic rings. The van der Waals surface area contributed by atoms with Gasteiger partial charge in [0.25, 0.3) is 15.9 Å². The van der Waals surface area contributed by atoms with E-state index in [1.165, 1.54) is 12.1 Å². The Labute approximate surface area is 235 Å². The van der Waals surface area contributed by atoms with Crippen LogP contribution in [0.15, 0.2) is 93.3 Å². The summed E-state index contributed by atoms with van der Waals surface area (Å²) in [5, 5.41) is 4.59. The first kappa shape index (κ1) is 27.6. The summed E-state index contributed by atoms with van der Waals surface area (Å²) in [6.07, 6.45) is 1.55. The zero-order valence-electron chi connectivity index (χ0n) is 21.0. The number of hydrogen-bond donors (Lipinski definition) is 1. The molecule has 10 heteroatoms. The lowest BCUT2D eigenvalue weighted by molar-refractivity contribution is -0.119. The van der Waals surface area contributed by atoms with E-state index in [2.05, 4.69) is 31.0 Å². The number of anilines is 1. The van der Waals surface area contributed by atoms with Crippen LogP contribution in [0.25, 0.3) is 5.69 Å². The van der Waals surface area contributed by atoms with Crippen LogP contribution in [0.4, 0.5) is 5.69 Å². The van der Waals surface area contributed by atoms with Crippen LogP contribution in [0, 0.1) is 20.8 Å². The van der Waals surface area contributed by atoms with E-state index in [1.807, 2.05) is 44.2 Å². The first-order valence-electron chi connectivity index (χ1n) is 11.7. The zero-order valence-corrected chi connectivity index (χ0v) is 24.2. The van der Waals surface area contributed by atoms with E-state index in [4.69, 9.17) is 11.6 Å². The molecule has 0 fully saturated rings. The number of nitrogens with one attached hydrogen (secondary N) is 1. The van der Waals surface area contributed by atoms with E-state index in [0.717, 1.165) is 31.4 Å². The Morgan fingerprint density at radius 2 is 1.71 bits per heavy atom. The molecule has 0 atom stereocenters. The van der Waals surface area contributed by atoms with Crippen LogP contribution in [0.5, 0.6) is 0 Å². The van der Waals surface area contributed by atoms with E-state index in [9.17, 15) is 13.2 Å². The second-order valence-corrected chi connectivity index (χ2v) is 11.9. The monoisotopic (exact) mass is 612 g/mol. The van der Waals surface area contributed by atoms with E-state index < -0.39 is 22.5 Å². The number of aromatic nitrogens is 1. The fraction of sp³-hybridized carbons (Fsp3) is 0.143. The number of sulfonamides is 1. The highest BCUT2D eigenvalue weighted by atomic mass is 79.9. The predicted molar refractivity (Wildman–Crippen MR) is 156 cm³/mol. The SMILES string of the molecule is Cc1cc(Cl)ccc1N(CC(=O)N/N=C\c1cc(C)n(-c2ccc(Br)cc2)c1C)S(=O)(=O)c1ccccc1. The number of rotatable bonds is 8. The highest BCUT2D eigenvalue weighted by molar-refractivity contribution is 9.10. The molecular weight excluding hydrogens is 588 g/mol. The Balaban J connectivity index is 1.56. The summed E-state index contributed by atoms with van der Waals surface area (Å²) in [4.78, 5) is 13.0. The summed E-state index contributed by atoms with van der Waals surface area (Å²) in [5.74, 6) is -0.586. The molecule has 4 rings (SSSR count). The van der Waals surface area contributed by atoms with Crippen molar-refractivity contribution < 1.29 is 13.2 Å². The van der Waals surface area contributed by atoms with Gasteiger partial charge in [-0.15, -0.1) is 0 Å². The number of amides is 1. The summed E-state index contributed by atoms with van der Waals surface area (Å²) in [6.45, 7) is 5.24. The highest BCUT2D eigenvalue weighted by Crippen LogP contribution is 2.29. The van der Waals surface area contributed by atoms with E-state index in [0.29, 0.717) is 16.3 Å². The first-order chi connectivity index (χ1) is 18.1. The standard InChI is InChI=1S/C28H26BrClN4O3S/c1-19-15-24(30)11-14-27(19)33(38(36,37)26-7-5-4-6-8-26)18-28(35)32-31-17-22-16-20(2)34(21(22)3)25-12-9-23(29)10-13-25/h4-17H,18H2,1-3H3,(H,32,35)/b31-17-. The van der Waals surface area contributed by atoms with Gasteiger partial charge in [0, 0.05) is 32.1 Å². The van der Waals surface area contributed by atoms with Crippen molar-refractivity contribution in [1.29, 1.82) is 0 Å². The molecule has 0 aliphatic heterocycles. The van der Waals surface area contributed by atoms with Gasteiger partial charge in [0.05, 0.1) is 16.8 Å². The van der Waals surface area contributed by atoms with E-state index >= 15 is 0 Å². The maximum atomic E-state index is 13.5. The number of carbonyl (C=O) groups is 1. The van der Waals surface area contributed by atoms with Crippen molar-refractivity contribution in [3.8, 4) is 5.69 Å². The Bertz CT molecular complexity index is 1600. The summed E-state index contributed by atoms with van der Waals surface area (Å²) >= 11 is 9.54. The van der Waals surface area contributed by atoms with E-state index in [1.54, 1.807) is 49.5 Å². The molecule has 0 spiro atoms. The molecule has 1 aromatic heterocycles. The molecule has 0 saturated carbocycles. The summed E-state index contributed by atoms with van der Waals surface area (Å²) in [6, 6.07) is 22.7. The Morgan fingerprint density at radius 1 is 1.03 bits per heavy atom. The minimum atomic E-state index is -4.03. The average Bonchev–Trinajstić information content (AvgIpc) is 3.16. The first-order valence-corrected chi connectivity index (χ1v) is 14.3. The quantitative estimate of drug-likeness (QED) is 0.191. The second-order valence-electron chi connectivity index (χ2n) is 8.69. The van der Waals surface area contributed by atoms with Crippen molar-refractivity contribution in [3.05, 3.63) is 111 Å². The number of nitrogens with zero attached hydrogens (tertiary/aromatic N) is 3. The molecule has 1 amide bonds.